The molecular weight excluding hydrogens is 399 g/mol. The van der Waals surface area contributed by atoms with E-state index < -0.39 is 37.5 Å². The predicted octanol–water partition coefficient (Wildman–Crippen LogP) is 3.08. The minimum absolute atomic E-state index is 0.00852. The summed E-state index contributed by atoms with van der Waals surface area (Å²) in [5.74, 6) is -0.306. The fourth-order valence-electron chi connectivity index (χ4n) is 3.11. The third-order valence-electron chi connectivity index (χ3n) is 4.52. The molecule has 0 heterocycles. The second-order valence-corrected chi connectivity index (χ2v) is 10.1. The van der Waals surface area contributed by atoms with Crippen LogP contribution in [0.5, 0.6) is 0 Å². The van der Waals surface area contributed by atoms with Gasteiger partial charge in [-0.15, -0.1) is 0 Å². The summed E-state index contributed by atoms with van der Waals surface area (Å²) >= 11 is 0. The van der Waals surface area contributed by atoms with Crippen LogP contribution in [0.4, 0.5) is 4.79 Å². The number of alkyl carbamates (subject to hydrolysis) is 1. The maximum absolute atomic E-state index is 12.5. The highest BCUT2D eigenvalue weighted by molar-refractivity contribution is 7.57. The Morgan fingerprint density at radius 2 is 1.86 bits per heavy atom. The highest BCUT2D eigenvalue weighted by atomic mass is 31.2. The first-order valence-corrected chi connectivity index (χ1v) is 11.4. The average Bonchev–Trinajstić information content (AvgIpc) is 2.59. The summed E-state index contributed by atoms with van der Waals surface area (Å²) in [6, 6.07) is -1.36. The third-order valence-corrected chi connectivity index (χ3v) is 6.07. The normalized spacial score (nSPS) is 24.4. The first-order valence-electron chi connectivity index (χ1n) is 9.84. The zero-order valence-corrected chi connectivity index (χ0v) is 19.2. The van der Waals surface area contributed by atoms with Crippen molar-refractivity contribution in [2.75, 3.05) is 7.11 Å². The van der Waals surface area contributed by atoms with Crippen LogP contribution in [0.15, 0.2) is 11.4 Å². The lowest BCUT2D eigenvalue weighted by Gasteiger charge is -2.39. The van der Waals surface area contributed by atoms with Crippen LogP contribution < -0.4 is 10.6 Å². The molecule has 0 fully saturated rings. The number of carbonyl (C=O) groups is 2. The van der Waals surface area contributed by atoms with E-state index in [4.69, 9.17) is 14.0 Å². The fourth-order valence-corrected chi connectivity index (χ4v) is 4.11. The number of hydrogen-bond donors (Lipinski definition) is 3. The van der Waals surface area contributed by atoms with Crippen LogP contribution in [0, 0.1) is 0 Å². The van der Waals surface area contributed by atoms with E-state index in [0.29, 0.717) is 0 Å². The van der Waals surface area contributed by atoms with Gasteiger partial charge in [-0.25, -0.2) is 4.79 Å². The molecule has 0 aromatic rings. The van der Waals surface area contributed by atoms with Crippen LogP contribution >= 0.6 is 7.60 Å². The maximum atomic E-state index is 12.5. The topological polar surface area (TPSA) is 123 Å². The zero-order valence-electron chi connectivity index (χ0n) is 18.4. The number of ether oxygens (including phenoxy) is 2. The van der Waals surface area contributed by atoms with Gasteiger partial charge in [0, 0.05) is 25.8 Å². The molecule has 4 atom stereocenters. The quantitative estimate of drug-likeness (QED) is 0.502. The largest absolute Gasteiger partial charge is 0.444 e. The van der Waals surface area contributed by atoms with Crippen molar-refractivity contribution >= 4 is 19.6 Å². The molecule has 29 heavy (non-hydrogen) atoms. The monoisotopic (exact) mass is 434 g/mol. The van der Waals surface area contributed by atoms with Crippen molar-refractivity contribution in [1.29, 1.82) is 0 Å². The van der Waals surface area contributed by atoms with Gasteiger partial charge in [0.2, 0.25) is 5.91 Å². The van der Waals surface area contributed by atoms with E-state index >= 15 is 0 Å². The molecule has 1 aliphatic carbocycles. The van der Waals surface area contributed by atoms with Crippen LogP contribution in [-0.2, 0) is 23.4 Å². The number of amides is 2. The van der Waals surface area contributed by atoms with Crippen molar-refractivity contribution in [2.45, 2.75) is 90.7 Å². The number of carbonyl (C=O) groups excluding carboxylic acids is 2. The Kier molecular flexibility index (Phi) is 9.34. The Morgan fingerprint density at radius 1 is 1.28 bits per heavy atom. The Balaban J connectivity index is 3.28. The molecule has 1 aliphatic rings. The molecule has 0 aromatic heterocycles. The van der Waals surface area contributed by atoms with Gasteiger partial charge in [-0.2, -0.15) is 0 Å². The van der Waals surface area contributed by atoms with Crippen LogP contribution in [0.25, 0.3) is 0 Å². The van der Waals surface area contributed by atoms with Crippen LogP contribution in [0.2, 0.25) is 0 Å². The van der Waals surface area contributed by atoms with E-state index in [2.05, 4.69) is 10.6 Å². The standard InChI is InChI=1S/C19H35N2O7P/c1-8-13(9-2)27-16-11-14(29(24,25)26-7)10-15(17(16)20-12(3)22)21-18(23)28-19(4,5)6/h11,13,15-17H,8-10H2,1-7H3,(H,20,22)(H,21,23)(H,24,25)/t15-,16+,17+/m0/s1. The molecule has 1 rings (SSSR count). The van der Waals surface area contributed by atoms with Gasteiger partial charge in [-0.3, -0.25) is 9.36 Å². The fraction of sp³-hybridized carbons (Fsp3) is 0.789. The van der Waals surface area contributed by atoms with Crippen LogP contribution in [0.3, 0.4) is 0 Å². The SMILES string of the molecule is CCC(CC)O[C@@H]1C=C(P(=O)(O)OC)C[C@H](NC(=O)OC(C)(C)C)[C@H]1NC(C)=O. The molecule has 0 saturated carbocycles. The summed E-state index contributed by atoms with van der Waals surface area (Å²) in [4.78, 5) is 34.4. The molecule has 1 unspecified atom stereocenters. The second kappa shape index (κ2) is 10.6. The molecule has 0 saturated heterocycles. The molecule has 0 aromatic carbocycles. The molecule has 168 valence electrons. The second-order valence-electron chi connectivity index (χ2n) is 8.08. The van der Waals surface area contributed by atoms with Crippen LogP contribution in [-0.4, -0.2) is 53.9 Å². The van der Waals surface area contributed by atoms with Crippen molar-refractivity contribution in [3.8, 4) is 0 Å². The van der Waals surface area contributed by atoms with Crippen molar-refractivity contribution in [1.82, 2.24) is 10.6 Å². The van der Waals surface area contributed by atoms with Crippen molar-refractivity contribution in [3.05, 3.63) is 11.4 Å². The lowest BCUT2D eigenvalue weighted by Crippen LogP contribution is -2.59. The van der Waals surface area contributed by atoms with Gasteiger partial charge in [-0.05, 0) is 39.7 Å². The Morgan fingerprint density at radius 3 is 2.31 bits per heavy atom. The van der Waals surface area contributed by atoms with E-state index in [1.807, 2.05) is 13.8 Å². The number of rotatable bonds is 8. The van der Waals surface area contributed by atoms with Gasteiger partial charge in [0.15, 0.2) is 0 Å². The highest BCUT2D eigenvalue weighted by Gasteiger charge is 2.41. The first-order chi connectivity index (χ1) is 13.3. The summed E-state index contributed by atoms with van der Waals surface area (Å²) in [5.41, 5.74) is -0.717. The van der Waals surface area contributed by atoms with Gasteiger partial charge in [-0.1, -0.05) is 13.8 Å². The smallest absolute Gasteiger partial charge is 0.407 e. The molecule has 0 bridgehead atoms. The van der Waals surface area contributed by atoms with E-state index in [0.717, 1.165) is 20.0 Å². The molecule has 0 aliphatic heterocycles. The molecule has 3 N–H and O–H groups in total. The Hall–Kier alpha value is -1.41. The summed E-state index contributed by atoms with van der Waals surface area (Å²) < 4.78 is 28.7. The van der Waals surface area contributed by atoms with Crippen LogP contribution in [0.1, 0.15) is 60.8 Å². The van der Waals surface area contributed by atoms with Gasteiger partial charge in [0.05, 0.1) is 24.3 Å². The molecular formula is C19H35N2O7P. The summed E-state index contributed by atoms with van der Waals surface area (Å²) in [6.45, 7) is 10.5. The van der Waals surface area contributed by atoms with Gasteiger partial charge < -0.3 is 29.5 Å². The van der Waals surface area contributed by atoms with Gasteiger partial charge >= 0.3 is 13.7 Å². The lowest BCUT2D eigenvalue weighted by atomic mass is 9.92. The van der Waals surface area contributed by atoms with Crippen molar-refractivity contribution in [2.24, 2.45) is 0 Å². The molecule has 10 heteroatoms. The third kappa shape index (κ3) is 8.09. The van der Waals surface area contributed by atoms with Crippen molar-refractivity contribution in [3.63, 3.8) is 0 Å². The van der Waals surface area contributed by atoms with E-state index in [1.54, 1.807) is 20.8 Å². The van der Waals surface area contributed by atoms with E-state index in [-0.39, 0.29) is 23.7 Å². The molecule has 0 spiro atoms. The van der Waals surface area contributed by atoms with Crippen molar-refractivity contribution < 1.29 is 33.0 Å². The van der Waals surface area contributed by atoms with E-state index in [9.17, 15) is 19.0 Å². The molecule has 9 nitrogen and oxygen atoms in total. The Labute approximate surface area is 173 Å². The highest BCUT2D eigenvalue weighted by Crippen LogP contribution is 2.53. The number of hydrogen-bond acceptors (Lipinski definition) is 6. The van der Waals surface area contributed by atoms with Gasteiger partial charge in [0.25, 0.3) is 0 Å². The summed E-state index contributed by atoms with van der Waals surface area (Å²) in [6.07, 6.45) is 1.47. The summed E-state index contributed by atoms with van der Waals surface area (Å²) in [7, 11) is -2.91. The minimum atomic E-state index is -4.05. The maximum Gasteiger partial charge on any atom is 0.407 e. The van der Waals surface area contributed by atoms with E-state index in [1.165, 1.54) is 13.0 Å². The lowest BCUT2D eigenvalue weighted by molar-refractivity contribution is -0.121. The number of nitrogens with one attached hydrogen (secondary N) is 2. The summed E-state index contributed by atoms with van der Waals surface area (Å²) in [5, 5.41) is 5.64. The predicted molar refractivity (Wildman–Crippen MR) is 110 cm³/mol. The first kappa shape index (κ1) is 25.6. The Bertz CT molecular complexity index is 655. The average molecular weight is 434 g/mol. The molecule has 2 amide bonds. The zero-order chi connectivity index (χ0) is 22.4. The molecule has 0 radical (unpaired) electrons. The minimum Gasteiger partial charge on any atom is -0.444 e. The van der Waals surface area contributed by atoms with Gasteiger partial charge in [0.1, 0.15) is 5.60 Å².